The molecule has 196 valence electrons. The van der Waals surface area contributed by atoms with Crippen LogP contribution >= 0.6 is 0 Å². The van der Waals surface area contributed by atoms with Crippen LogP contribution in [0, 0.1) is 0 Å². The molecule has 0 bridgehead atoms. The minimum absolute atomic E-state index is 0.225. The van der Waals surface area contributed by atoms with Crippen molar-refractivity contribution in [1.29, 1.82) is 0 Å². The van der Waals surface area contributed by atoms with E-state index in [1.54, 1.807) is 14.2 Å². The van der Waals surface area contributed by atoms with Crippen LogP contribution in [-0.4, -0.2) is 79.8 Å². The normalized spacial score (nSPS) is 14.2. The van der Waals surface area contributed by atoms with E-state index in [1.165, 1.54) is 5.56 Å². The zero-order valence-corrected chi connectivity index (χ0v) is 21.5. The van der Waals surface area contributed by atoms with Crippen LogP contribution in [0.4, 0.5) is 11.5 Å². The van der Waals surface area contributed by atoms with Crippen molar-refractivity contribution in [3.05, 3.63) is 53.2 Å². The van der Waals surface area contributed by atoms with Crippen molar-refractivity contribution >= 4 is 23.3 Å². The molecule has 0 saturated carbocycles. The third kappa shape index (κ3) is 8.20. The van der Waals surface area contributed by atoms with Gasteiger partial charge in [-0.3, -0.25) is 4.99 Å². The summed E-state index contributed by atoms with van der Waals surface area (Å²) in [5.74, 6) is 0.291. The first kappa shape index (κ1) is 27.4. The van der Waals surface area contributed by atoms with E-state index in [9.17, 15) is 9.90 Å². The van der Waals surface area contributed by atoms with Crippen LogP contribution < -0.4 is 16.4 Å². The highest BCUT2D eigenvalue weighted by atomic mass is 16.5. The second-order valence-electron chi connectivity index (χ2n) is 9.08. The van der Waals surface area contributed by atoms with E-state index in [4.69, 9.17) is 15.5 Å². The number of methoxy groups -OCH3 is 1. The molecular weight excluding hydrogens is 456 g/mol. The van der Waals surface area contributed by atoms with Crippen LogP contribution in [-0.2, 0) is 22.4 Å². The molecule has 0 saturated heterocycles. The second-order valence-corrected chi connectivity index (χ2v) is 9.08. The number of carboxylic acids is 1. The number of aryl methyl sites for hydroxylation is 2. The summed E-state index contributed by atoms with van der Waals surface area (Å²) >= 11 is 0. The molecule has 2 aromatic rings. The molecule has 5 N–H and O–H groups in total. The summed E-state index contributed by atoms with van der Waals surface area (Å²) in [5, 5.41) is 16.2. The Hall–Kier alpha value is -3.17. The van der Waals surface area contributed by atoms with E-state index < -0.39 is 12.0 Å². The van der Waals surface area contributed by atoms with Gasteiger partial charge in [0.1, 0.15) is 11.7 Å². The molecule has 1 aromatic carbocycles. The minimum atomic E-state index is -0.973. The van der Waals surface area contributed by atoms with Gasteiger partial charge in [0.2, 0.25) is 0 Å². The molecule has 9 heteroatoms. The lowest BCUT2D eigenvalue weighted by molar-refractivity contribution is -0.138. The zero-order valence-electron chi connectivity index (χ0n) is 21.5. The number of para-hydroxylation sites is 1. The fraction of sp³-hybridized carbons (Fsp3) is 0.519. The maximum Gasteiger partial charge on any atom is 0.328 e. The fourth-order valence-electron chi connectivity index (χ4n) is 4.42. The number of anilines is 2. The Labute approximate surface area is 214 Å². The molecular formula is C27H40N6O3. The lowest BCUT2D eigenvalue weighted by Crippen LogP contribution is -2.34. The number of rotatable bonds is 15. The van der Waals surface area contributed by atoms with Gasteiger partial charge >= 0.3 is 5.97 Å². The lowest BCUT2D eigenvalue weighted by Gasteiger charge is -2.23. The quantitative estimate of drug-likeness (QED) is 0.168. The van der Waals surface area contributed by atoms with Crippen molar-refractivity contribution in [1.82, 2.24) is 9.88 Å². The Morgan fingerprint density at radius 3 is 2.86 bits per heavy atom. The number of ether oxygens (including phenoxy) is 1. The standard InChI is InChI=1S/C27H40N6O3/c1-29-23-11-4-3-10-22(23)25(28)32-24(27(34)35)14-17-33(18-19-36-2)16-6-5-9-21-13-12-20-8-7-15-30-26(20)31-21/h3-4,10-13,24,29H,5-9,14-19H2,1-2H3,(H2,28,32)(H,30,31)(H,34,35)/t24-/m0/s1. The monoisotopic (exact) mass is 496 g/mol. The highest BCUT2D eigenvalue weighted by molar-refractivity contribution is 6.03. The number of hydrogen-bond acceptors (Lipinski definition) is 7. The zero-order chi connectivity index (χ0) is 25.8. The van der Waals surface area contributed by atoms with Crippen LogP contribution in [0.1, 0.15) is 42.5 Å². The summed E-state index contributed by atoms with van der Waals surface area (Å²) < 4.78 is 5.27. The maximum absolute atomic E-state index is 11.9. The lowest BCUT2D eigenvalue weighted by atomic mass is 10.1. The molecule has 1 aliphatic rings. The number of hydrogen-bond donors (Lipinski definition) is 4. The number of benzene rings is 1. The van der Waals surface area contributed by atoms with Gasteiger partial charge in [0, 0.05) is 50.7 Å². The number of carbonyl (C=O) groups is 1. The van der Waals surface area contributed by atoms with Gasteiger partial charge < -0.3 is 31.1 Å². The molecule has 1 aliphatic heterocycles. The summed E-state index contributed by atoms with van der Waals surface area (Å²) in [5.41, 5.74) is 10.1. The van der Waals surface area contributed by atoms with E-state index in [2.05, 4.69) is 32.7 Å². The first-order valence-electron chi connectivity index (χ1n) is 12.8. The van der Waals surface area contributed by atoms with Crippen LogP contribution in [0.3, 0.4) is 0 Å². The molecule has 0 unspecified atom stereocenters. The summed E-state index contributed by atoms with van der Waals surface area (Å²) in [7, 11) is 3.48. The average molecular weight is 497 g/mol. The Bertz CT molecular complexity index is 1010. The number of pyridine rings is 1. The van der Waals surface area contributed by atoms with Crippen molar-refractivity contribution in [2.75, 3.05) is 57.6 Å². The SMILES string of the molecule is CNc1ccccc1C(N)=N[C@@H](CCN(CCCCc1ccc2c(n1)NCCC2)CCOC)C(=O)O. The van der Waals surface area contributed by atoms with Crippen molar-refractivity contribution in [2.24, 2.45) is 10.7 Å². The van der Waals surface area contributed by atoms with E-state index in [0.717, 1.165) is 68.9 Å². The van der Waals surface area contributed by atoms with Crippen molar-refractivity contribution < 1.29 is 14.6 Å². The number of fused-ring (bicyclic) bond motifs is 1. The molecule has 1 aromatic heterocycles. The number of nitrogens with two attached hydrogens (primary N) is 1. The summed E-state index contributed by atoms with van der Waals surface area (Å²) in [6, 6.07) is 10.9. The maximum atomic E-state index is 11.9. The van der Waals surface area contributed by atoms with Crippen molar-refractivity contribution in [2.45, 2.75) is 44.6 Å². The van der Waals surface area contributed by atoms with Gasteiger partial charge in [-0.05, 0) is 68.8 Å². The van der Waals surface area contributed by atoms with E-state index in [0.29, 0.717) is 25.1 Å². The number of nitrogens with zero attached hydrogens (tertiary/aromatic N) is 3. The van der Waals surface area contributed by atoms with Gasteiger partial charge in [0.05, 0.1) is 6.61 Å². The average Bonchev–Trinajstić information content (AvgIpc) is 2.90. The second kappa shape index (κ2) is 14.4. The molecule has 0 radical (unpaired) electrons. The van der Waals surface area contributed by atoms with Crippen molar-refractivity contribution in [3.63, 3.8) is 0 Å². The number of unbranched alkanes of at least 4 members (excludes halogenated alkanes) is 1. The molecule has 0 aliphatic carbocycles. The van der Waals surface area contributed by atoms with Gasteiger partial charge in [0.25, 0.3) is 0 Å². The Morgan fingerprint density at radius 2 is 2.08 bits per heavy atom. The number of aromatic nitrogens is 1. The van der Waals surface area contributed by atoms with E-state index >= 15 is 0 Å². The van der Waals surface area contributed by atoms with Crippen LogP contribution in [0.25, 0.3) is 0 Å². The number of amidine groups is 1. The predicted octanol–water partition coefficient (Wildman–Crippen LogP) is 3.00. The molecule has 0 fully saturated rings. The largest absolute Gasteiger partial charge is 0.480 e. The summed E-state index contributed by atoms with van der Waals surface area (Å²) in [4.78, 5) is 23.3. The minimum Gasteiger partial charge on any atom is -0.480 e. The Morgan fingerprint density at radius 1 is 1.25 bits per heavy atom. The van der Waals surface area contributed by atoms with Crippen LogP contribution in [0.15, 0.2) is 41.4 Å². The molecule has 9 nitrogen and oxygen atoms in total. The molecule has 1 atom stereocenters. The van der Waals surface area contributed by atoms with Crippen LogP contribution in [0.2, 0.25) is 0 Å². The summed E-state index contributed by atoms with van der Waals surface area (Å²) in [6.07, 6.45) is 5.57. The first-order chi connectivity index (χ1) is 17.5. The van der Waals surface area contributed by atoms with Gasteiger partial charge in [-0.15, -0.1) is 0 Å². The first-order valence-corrected chi connectivity index (χ1v) is 12.8. The molecule has 0 amide bonds. The third-order valence-corrected chi connectivity index (χ3v) is 6.49. The summed E-state index contributed by atoms with van der Waals surface area (Å²) in [6.45, 7) is 3.79. The fourth-order valence-corrected chi connectivity index (χ4v) is 4.42. The smallest absolute Gasteiger partial charge is 0.328 e. The number of aliphatic imine (C=N–C) groups is 1. The molecule has 3 rings (SSSR count). The number of nitrogens with one attached hydrogen (secondary N) is 2. The number of aliphatic carboxylic acids is 1. The molecule has 36 heavy (non-hydrogen) atoms. The van der Waals surface area contributed by atoms with Gasteiger partial charge in [-0.25, -0.2) is 9.78 Å². The van der Waals surface area contributed by atoms with E-state index in [1.807, 2.05) is 24.3 Å². The van der Waals surface area contributed by atoms with Gasteiger partial charge in [-0.1, -0.05) is 18.2 Å². The highest BCUT2D eigenvalue weighted by Gasteiger charge is 2.19. The Kier molecular flexibility index (Phi) is 11.0. The van der Waals surface area contributed by atoms with Crippen molar-refractivity contribution in [3.8, 4) is 0 Å². The number of carboxylic acid groups (broad SMARTS) is 1. The van der Waals surface area contributed by atoms with E-state index in [-0.39, 0.29) is 5.84 Å². The Balaban J connectivity index is 1.53. The predicted molar refractivity (Wildman–Crippen MR) is 145 cm³/mol. The molecule has 2 heterocycles. The molecule has 0 spiro atoms. The third-order valence-electron chi connectivity index (χ3n) is 6.49. The highest BCUT2D eigenvalue weighted by Crippen LogP contribution is 2.20. The van der Waals surface area contributed by atoms with Gasteiger partial charge in [-0.2, -0.15) is 0 Å². The topological polar surface area (TPSA) is 125 Å². The van der Waals surface area contributed by atoms with Crippen LogP contribution in [0.5, 0.6) is 0 Å². The van der Waals surface area contributed by atoms with Gasteiger partial charge in [0.15, 0.2) is 6.04 Å².